The number of aromatic nitrogens is 2. The van der Waals surface area contributed by atoms with E-state index in [1.54, 1.807) is 6.20 Å². The molecule has 0 saturated carbocycles. The lowest BCUT2D eigenvalue weighted by Gasteiger charge is -2.22. The predicted octanol–water partition coefficient (Wildman–Crippen LogP) is 2.34. The van der Waals surface area contributed by atoms with Crippen molar-refractivity contribution in [2.45, 2.75) is 38.5 Å². The maximum atomic E-state index is 10.7. The van der Waals surface area contributed by atoms with Gasteiger partial charge in [-0.1, -0.05) is 25.7 Å². The molecule has 0 aliphatic carbocycles. The van der Waals surface area contributed by atoms with E-state index in [1.165, 1.54) is 44.7 Å². The molecule has 1 N–H and O–H groups in total. The van der Waals surface area contributed by atoms with Gasteiger partial charge in [0.2, 0.25) is 0 Å². The third-order valence-electron chi connectivity index (χ3n) is 3.29. The highest BCUT2D eigenvalue weighted by atomic mass is 16.4. The van der Waals surface area contributed by atoms with Crippen LogP contribution in [0.5, 0.6) is 0 Å². The number of carbonyl (C=O) groups is 1. The Morgan fingerprint density at radius 1 is 1.00 bits per heavy atom. The number of carboxylic acids is 1. The monoisotopic (exact) mass is 249 g/mol. The Hall–Kier alpha value is -1.65. The molecule has 98 valence electrons. The molecule has 2 rings (SSSR count). The summed E-state index contributed by atoms with van der Waals surface area (Å²) in [6.45, 7) is 1.97. The summed E-state index contributed by atoms with van der Waals surface area (Å²) >= 11 is 0. The van der Waals surface area contributed by atoms with Crippen LogP contribution >= 0.6 is 0 Å². The zero-order valence-corrected chi connectivity index (χ0v) is 10.5. The lowest BCUT2D eigenvalue weighted by molar-refractivity contribution is 0.0690. The van der Waals surface area contributed by atoms with Crippen molar-refractivity contribution in [1.82, 2.24) is 9.97 Å². The largest absolute Gasteiger partial charge is 0.476 e. The molecule has 1 aromatic rings. The number of rotatable bonds is 2. The van der Waals surface area contributed by atoms with Crippen LogP contribution in [-0.2, 0) is 0 Å². The molecule has 0 spiro atoms. The topological polar surface area (TPSA) is 66.3 Å². The molecular formula is C13H19N3O2. The molecule has 1 aliphatic heterocycles. The molecule has 0 aromatic carbocycles. The molecule has 2 heterocycles. The molecule has 18 heavy (non-hydrogen) atoms. The number of anilines is 1. The third kappa shape index (κ3) is 3.42. The summed E-state index contributed by atoms with van der Waals surface area (Å²) < 4.78 is 0. The summed E-state index contributed by atoms with van der Waals surface area (Å²) in [7, 11) is 0. The van der Waals surface area contributed by atoms with Gasteiger partial charge < -0.3 is 10.0 Å². The van der Waals surface area contributed by atoms with Crippen LogP contribution in [0.4, 0.5) is 5.82 Å². The van der Waals surface area contributed by atoms with E-state index in [0.29, 0.717) is 0 Å². The fourth-order valence-electron chi connectivity index (χ4n) is 2.25. The maximum absolute atomic E-state index is 10.7. The first-order chi connectivity index (χ1) is 8.77. The van der Waals surface area contributed by atoms with Gasteiger partial charge in [0.15, 0.2) is 5.69 Å². The normalized spacial score (nSPS) is 17.7. The van der Waals surface area contributed by atoms with Gasteiger partial charge in [-0.15, -0.1) is 0 Å². The average molecular weight is 249 g/mol. The van der Waals surface area contributed by atoms with Crippen LogP contribution < -0.4 is 4.90 Å². The number of nitrogens with zero attached hydrogens (tertiary/aromatic N) is 3. The Balaban J connectivity index is 2.05. The van der Waals surface area contributed by atoms with Gasteiger partial charge in [-0.25, -0.2) is 14.8 Å². The second-order valence-corrected chi connectivity index (χ2v) is 4.67. The molecule has 5 nitrogen and oxygen atoms in total. The van der Waals surface area contributed by atoms with Crippen molar-refractivity contribution in [2.75, 3.05) is 18.0 Å². The molecule has 0 radical (unpaired) electrons. The van der Waals surface area contributed by atoms with E-state index >= 15 is 0 Å². The summed E-state index contributed by atoms with van der Waals surface area (Å²) in [5, 5.41) is 8.79. The van der Waals surface area contributed by atoms with Crippen LogP contribution in [0.25, 0.3) is 0 Å². The molecule has 1 saturated heterocycles. The van der Waals surface area contributed by atoms with Crippen LogP contribution in [0.3, 0.4) is 0 Å². The van der Waals surface area contributed by atoms with E-state index in [1.807, 2.05) is 0 Å². The Morgan fingerprint density at radius 2 is 1.61 bits per heavy atom. The minimum absolute atomic E-state index is 0.00279. The highest BCUT2D eigenvalue weighted by Crippen LogP contribution is 2.16. The average Bonchev–Trinajstić information content (AvgIpc) is 2.52. The standard InChI is InChI=1S/C13H19N3O2/c17-13(18)11-9-15-12(10-14-11)16-7-5-3-1-2-4-6-8-16/h9-10H,1-8H2,(H,17,18). The minimum Gasteiger partial charge on any atom is -0.476 e. The summed E-state index contributed by atoms with van der Waals surface area (Å²) in [5.74, 6) is -0.236. The van der Waals surface area contributed by atoms with Gasteiger partial charge in [-0.3, -0.25) is 0 Å². The molecular weight excluding hydrogens is 230 g/mol. The maximum Gasteiger partial charge on any atom is 0.356 e. The number of aromatic carboxylic acids is 1. The zero-order chi connectivity index (χ0) is 12.8. The first kappa shape index (κ1) is 12.8. The van der Waals surface area contributed by atoms with Gasteiger partial charge in [0.05, 0.1) is 12.4 Å². The van der Waals surface area contributed by atoms with Crippen molar-refractivity contribution in [2.24, 2.45) is 0 Å². The van der Waals surface area contributed by atoms with Crippen molar-refractivity contribution >= 4 is 11.8 Å². The van der Waals surface area contributed by atoms with Gasteiger partial charge in [0.25, 0.3) is 0 Å². The van der Waals surface area contributed by atoms with Gasteiger partial charge in [0.1, 0.15) is 5.82 Å². The van der Waals surface area contributed by atoms with Crippen molar-refractivity contribution in [3.8, 4) is 0 Å². The zero-order valence-electron chi connectivity index (χ0n) is 10.5. The lowest BCUT2D eigenvalue weighted by atomic mass is 10.1. The Morgan fingerprint density at radius 3 is 2.11 bits per heavy atom. The van der Waals surface area contributed by atoms with E-state index in [0.717, 1.165) is 18.9 Å². The predicted molar refractivity (Wildman–Crippen MR) is 68.9 cm³/mol. The van der Waals surface area contributed by atoms with Gasteiger partial charge in [-0.2, -0.15) is 0 Å². The quantitative estimate of drug-likeness (QED) is 0.871. The molecule has 0 amide bonds. The second-order valence-electron chi connectivity index (χ2n) is 4.67. The van der Waals surface area contributed by atoms with Crippen LogP contribution in [0.15, 0.2) is 12.4 Å². The van der Waals surface area contributed by atoms with Gasteiger partial charge >= 0.3 is 5.97 Å². The first-order valence-electron chi connectivity index (χ1n) is 6.57. The summed E-state index contributed by atoms with van der Waals surface area (Å²) in [6.07, 6.45) is 10.4. The van der Waals surface area contributed by atoms with E-state index in [-0.39, 0.29) is 5.69 Å². The highest BCUT2D eigenvalue weighted by Gasteiger charge is 2.11. The van der Waals surface area contributed by atoms with Crippen molar-refractivity contribution in [1.29, 1.82) is 0 Å². The van der Waals surface area contributed by atoms with E-state index in [4.69, 9.17) is 5.11 Å². The van der Waals surface area contributed by atoms with Crippen molar-refractivity contribution < 1.29 is 9.90 Å². The molecule has 5 heteroatoms. The summed E-state index contributed by atoms with van der Waals surface area (Å²) in [6, 6.07) is 0. The Labute approximate surface area is 107 Å². The van der Waals surface area contributed by atoms with Crippen LogP contribution in [-0.4, -0.2) is 34.1 Å². The third-order valence-corrected chi connectivity index (χ3v) is 3.29. The lowest BCUT2D eigenvalue weighted by Crippen LogP contribution is -2.26. The Kier molecular flexibility index (Phi) is 4.50. The molecule has 1 fully saturated rings. The van der Waals surface area contributed by atoms with E-state index in [2.05, 4.69) is 14.9 Å². The van der Waals surface area contributed by atoms with Crippen molar-refractivity contribution in [3.63, 3.8) is 0 Å². The van der Waals surface area contributed by atoms with Crippen molar-refractivity contribution in [3.05, 3.63) is 18.1 Å². The Bertz CT molecular complexity index is 382. The molecule has 0 unspecified atom stereocenters. The van der Waals surface area contributed by atoms with Crippen LogP contribution in [0.1, 0.15) is 49.0 Å². The summed E-state index contributed by atoms with van der Waals surface area (Å²) in [4.78, 5) is 21.1. The first-order valence-corrected chi connectivity index (χ1v) is 6.57. The van der Waals surface area contributed by atoms with Crippen LogP contribution in [0, 0.1) is 0 Å². The minimum atomic E-state index is -1.03. The van der Waals surface area contributed by atoms with E-state index < -0.39 is 5.97 Å². The van der Waals surface area contributed by atoms with Crippen LogP contribution in [0.2, 0.25) is 0 Å². The van der Waals surface area contributed by atoms with Gasteiger partial charge in [0, 0.05) is 13.1 Å². The SMILES string of the molecule is O=C(O)c1cnc(N2CCCCCCCC2)cn1. The second kappa shape index (κ2) is 6.33. The molecule has 0 atom stereocenters. The summed E-state index contributed by atoms with van der Waals surface area (Å²) in [5.41, 5.74) is 0.00279. The smallest absolute Gasteiger partial charge is 0.356 e. The molecule has 1 aliphatic rings. The molecule has 1 aromatic heterocycles. The van der Waals surface area contributed by atoms with Gasteiger partial charge in [-0.05, 0) is 12.8 Å². The number of hydrogen-bond acceptors (Lipinski definition) is 4. The number of carboxylic acid groups (broad SMARTS) is 1. The number of hydrogen-bond donors (Lipinski definition) is 1. The fourth-order valence-corrected chi connectivity index (χ4v) is 2.25. The van der Waals surface area contributed by atoms with E-state index in [9.17, 15) is 4.79 Å². The highest BCUT2D eigenvalue weighted by molar-refractivity contribution is 5.84. The molecule has 0 bridgehead atoms. The fraction of sp³-hybridized carbons (Fsp3) is 0.615.